The largest absolute Gasteiger partial charge is 0.397 e. The van der Waals surface area contributed by atoms with Gasteiger partial charge in [0.25, 0.3) is 0 Å². The van der Waals surface area contributed by atoms with Crippen molar-refractivity contribution in [2.75, 3.05) is 37.8 Å². The van der Waals surface area contributed by atoms with Gasteiger partial charge in [-0.15, -0.1) is 0 Å². The van der Waals surface area contributed by atoms with Crippen molar-refractivity contribution in [3.05, 3.63) is 22.2 Å². The fraction of sp³-hybridized carbons (Fsp3) is 0.500. The molecular formula is C14H21BrN4O2. The van der Waals surface area contributed by atoms with E-state index in [1.165, 1.54) is 0 Å². The molecule has 1 aliphatic rings. The first-order chi connectivity index (χ1) is 9.84. The van der Waals surface area contributed by atoms with Crippen LogP contribution in [0.25, 0.3) is 0 Å². The van der Waals surface area contributed by atoms with Crippen molar-refractivity contribution < 1.29 is 9.53 Å². The number of hydrogen-bond acceptors (Lipinski definition) is 5. The standard InChI is InChI=1S/C14H21BrN4O2/c1-14(13(18)20,19-2-4-21-5-3-19)8-9-6-11(16)12(17)7-10(9)15/h6-7H,2-5,8,16-17H2,1H3,(H2,18,20). The summed E-state index contributed by atoms with van der Waals surface area (Å²) in [5.41, 5.74) is 18.5. The maximum absolute atomic E-state index is 12.1. The summed E-state index contributed by atoms with van der Waals surface area (Å²) < 4.78 is 6.17. The van der Waals surface area contributed by atoms with Gasteiger partial charge in [-0.3, -0.25) is 9.69 Å². The average molecular weight is 357 g/mol. The zero-order valence-electron chi connectivity index (χ0n) is 12.1. The van der Waals surface area contributed by atoms with E-state index in [4.69, 9.17) is 21.9 Å². The van der Waals surface area contributed by atoms with Gasteiger partial charge in [0, 0.05) is 24.0 Å². The number of nitrogen functional groups attached to an aromatic ring is 2. The highest BCUT2D eigenvalue weighted by Gasteiger charge is 2.39. The summed E-state index contributed by atoms with van der Waals surface area (Å²) in [6.45, 7) is 4.44. The first kappa shape index (κ1) is 16.1. The van der Waals surface area contributed by atoms with Crippen molar-refractivity contribution in [2.45, 2.75) is 18.9 Å². The van der Waals surface area contributed by atoms with Crippen molar-refractivity contribution in [2.24, 2.45) is 5.73 Å². The van der Waals surface area contributed by atoms with Crippen LogP contribution in [0.2, 0.25) is 0 Å². The van der Waals surface area contributed by atoms with Gasteiger partial charge in [0.15, 0.2) is 0 Å². The van der Waals surface area contributed by atoms with Crippen LogP contribution in [-0.4, -0.2) is 42.6 Å². The van der Waals surface area contributed by atoms with Gasteiger partial charge in [-0.25, -0.2) is 0 Å². The number of nitrogens with zero attached hydrogens (tertiary/aromatic N) is 1. The highest BCUT2D eigenvalue weighted by Crippen LogP contribution is 2.30. The molecule has 1 atom stereocenters. The molecule has 1 fully saturated rings. The van der Waals surface area contributed by atoms with Gasteiger partial charge in [0.05, 0.1) is 24.6 Å². The third kappa shape index (κ3) is 3.30. The smallest absolute Gasteiger partial charge is 0.238 e. The number of carbonyl (C=O) groups is 1. The van der Waals surface area contributed by atoms with Gasteiger partial charge in [0.1, 0.15) is 5.54 Å². The number of nitrogens with two attached hydrogens (primary N) is 3. The molecule has 1 unspecified atom stereocenters. The number of morpholine rings is 1. The van der Waals surface area contributed by atoms with Crippen LogP contribution in [0.1, 0.15) is 12.5 Å². The third-order valence-electron chi connectivity index (χ3n) is 4.03. The van der Waals surface area contributed by atoms with Crippen LogP contribution in [0.3, 0.4) is 0 Å². The Morgan fingerprint density at radius 1 is 1.33 bits per heavy atom. The normalized spacial score (nSPS) is 19.1. The van der Waals surface area contributed by atoms with Gasteiger partial charge in [-0.2, -0.15) is 0 Å². The lowest BCUT2D eigenvalue weighted by Crippen LogP contribution is -2.60. The molecule has 1 amide bonds. The molecule has 6 N–H and O–H groups in total. The van der Waals surface area contributed by atoms with Gasteiger partial charge >= 0.3 is 0 Å². The minimum atomic E-state index is -0.783. The van der Waals surface area contributed by atoms with Crippen LogP contribution >= 0.6 is 15.9 Å². The Morgan fingerprint density at radius 3 is 2.48 bits per heavy atom. The summed E-state index contributed by atoms with van der Waals surface area (Å²) in [4.78, 5) is 14.1. The van der Waals surface area contributed by atoms with Crippen molar-refractivity contribution in [3.63, 3.8) is 0 Å². The lowest BCUT2D eigenvalue weighted by atomic mass is 9.89. The highest BCUT2D eigenvalue weighted by molar-refractivity contribution is 9.10. The third-order valence-corrected chi connectivity index (χ3v) is 4.76. The highest BCUT2D eigenvalue weighted by atomic mass is 79.9. The summed E-state index contributed by atoms with van der Waals surface area (Å²) >= 11 is 3.48. The predicted octanol–water partition coefficient (Wildman–Crippen LogP) is 0.732. The molecule has 7 heteroatoms. The van der Waals surface area contributed by atoms with E-state index >= 15 is 0 Å². The summed E-state index contributed by atoms with van der Waals surface area (Å²) in [5.74, 6) is -0.355. The van der Waals surface area contributed by atoms with Gasteiger partial charge in [-0.1, -0.05) is 15.9 Å². The van der Waals surface area contributed by atoms with Crippen LogP contribution < -0.4 is 17.2 Å². The first-order valence-electron chi connectivity index (χ1n) is 6.80. The fourth-order valence-electron chi connectivity index (χ4n) is 2.57. The topological polar surface area (TPSA) is 108 Å². The van der Waals surface area contributed by atoms with Gasteiger partial charge in [0.2, 0.25) is 5.91 Å². The SMILES string of the molecule is CC(Cc1cc(N)c(N)cc1Br)(C(N)=O)N1CCOCC1. The van der Waals surface area contributed by atoms with E-state index in [-0.39, 0.29) is 5.91 Å². The fourth-order valence-corrected chi connectivity index (χ4v) is 3.07. The second-order valence-electron chi connectivity index (χ2n) is 5.49. The maximum atomic E-state index is 12.1. The molecule has 1 saturated heterocycles. The Kier molecular flexibility index (Phi) is 4.75. The van der Waals surface area contributed by atoms with Crippen LogP contribution in [-0.2, 0) is 16.0 Å². The van der Waals surface area contributed by atoms with Crippen molar-refractivity contribution in [1.82, 2.24) is 4.90 Å². The predicted molar refractivity (Wildman–Crippen MR) is 86.7 cm³/mol. The number of benzene rings is 1. The van der Waals surface area contributed by atoms with E-state index in [1.54, 1.807) is 12.1 Å². The summed E-state index contributed by atoms with van der Waals surface area (Å²) in [7, 11) is 0. The molecule has 2 rings (SSSR count). The molecule has 1 aliphatic heterocycles. The number of amides is 1. The first-order valence-corrected chi connectivity index (χ1v) is 7.60. The molecule has 0 aromatic heterocycles. The lowest BCUT2D eigenvalue weighted by molar-refractivity contribution is -0.132. The van der Waals surface area contributed by atoms with E-state index < -0.39 is 5.54 Å². The van der Waals surface area contributed by atoms with E-state index in [0.29, 0.717) is 44.1 Å². The molecule has 0 spiro atoms. The minimum absolute atomic E-state index is 0.355. The molecule has 0 saturated carbocycles. The molecule has 0 aliphatic carbocycles. The lowest BCUT2D eigenvalue weighted by Gasteiger charge is -2.41. The van der Waals surface area contributed by atoms with Crippen molar-refractivity contribution in [3.8, 4) is 0 Å². The molecule has 1 aromatic rings. The van der Waals surface area contributed by atoms with Crippen molar-refractivity contribution >= 4 is 33.2 Å². The molecule has 0 radical (unpaired) electrons. The van der Waals surface area contributed by atoms with E-state index in [2.05, 4.69) is 20.8 Å². The van der Waals surface area contributed by atoms with Crippen LogP contribution in [0.4, 0.5) is 11.4 Å². The zero-order chi connectivity index (χ0) is 15.6. The van der Waals surface area contributed by atoms with Gasteiger partial charge in [-0.05, 0) is 24.6 Å². The van der Waals surface area contributed by atoms with E-state index in [0.717, 1.165) is 10.0 Å². The molecular weight excluding hydrogens is 336 g/mol. The molecule has 6 nitrogen and oxygen atoms in total. The molecule has 116 valence electrons. The van der Waals surface area contributed by atoms with Crippen LogP contribution in [0.5, 0.6) is 0 Å². The quantitative estimate of drug-likeness (QED) is 0.689. The number of anilines is 2. The Morgan fingerprint density at radius 2 is 1.90 bits per heavy atom. The molecule has 0 bridgehead atoms. The molecule has 1 heterocycles. The number of primary amides is 1. The van der Waals surface area contributed by atoms with Crippen LogP contribution in [0, 0.1) is 0 Å². The number of ether oxygens (including phenoxy) is 1. The molecule has 21 heavy (non-hydrogen) atoms. The molecule has 1 aromatic carbocycles. The Labute approximate surface area is 132 Å². The minimum Gasteiger partial charge on any atom is -0.397 e. The summed E-state index contributed by atoms with van der Waals surface area (Å²) in [6, 6.07) is 3.55. The monoisotopic (exact) mass is 356 g/mol. The maximum Gasteiger partial charge on any atom is 0.238 e. The number of halogens is 1. The number of hydrogen-bond donors (Lipinski definition) is 3. The average Bonchev–Trinajstić information content (AvgIpc) is 2.45. The zero-order valence-corrected chi connectivity index (χ0v) is 13.6. The van der Waals surface area contributed by atoms with Crippen molar-refractivity contribution in [1.29, 1.82) is 0 Å². The second-order valence-corrected chi connectivity index (χ2v) is 6.34. The van der Waals surface area contributed by atoms with Crippen LogP contribution in [0.15, 0.2) is 16.6 Å². The Hall–Kier alpha value is -1.31. The van der Waals surface area contributed by atoms with E-state index in [9.17, 15) is 4.79 Å². The second kappa shape index (κ2) is 6.21. The summed E-state index contributed by atoms with van der Waals surface area (Å²) in [6.07, 6.45) is 0.466. The number of carbonyl (C=O) groups excluding carboxylic acids is 1. The van der Waals surface area contributed by atoms with E-state index in [1.807, 2.05) is 6.92 Å². The summed E-state index contributed by atoms with van der Waals surface area (Å²) in [5, 5.41) is 0. The van der Waals surface area contributed by atoms with Gasteiger partial charge < -0.3 is 21.9 Å². The Bertz CT molecular complexity index is 546. The number of rotatable bonds is 4. The Balaban J connectivity index is 2.31.